The highest BCUT2D eigenvalue weighted by Gasteiger charge is 2.23. The van der Waals surface area contributed by atoms with Gasteiger partial charge in [-0.25, -0.2) is 0 Å². The molecule has 1 saturated carbocycles. The van der Waals surface area contributed by atoms with Gasteiger partial charge in [0.05, 0.1) is 11.6 Å². The molecule has 0 radical (unpaired) electrons. The van der Waals surface area contributed by atoms with Gasteiger partial charge in [-0.2, -0.15) is 5.26 Å². The van der Waals surface area contributed by atoms with E-state index >= 15 is 0 Å². The van der Waals surface area contributed by atoms with E-state index in [4.69, 9.17) is 5.26 Å². The van der Waals surface area contributed by atoms with Gasteiger partial charge in [0.15, 0.2) is 0 Å². The Morgan fingerprint density at radius 2 is 2.29 bits per heavy atom. The number of ketones is 1. The summed E-state index contributed by atoms with van der Waals surface area (Å²) in [5.74, 6) is 0.688. The maximum atomic E-state index is 11.1. The first kappa shape index (κ1) is 8.96. The van der Waals surface area contributed by atoms with Crippen molar-refractivity contribution < 1.29 is 4.79 Å². The van der Waals surface area contributed by atoms with Crippen LogP contribution < -0.4 is 0 Å². The molecular weight excluding hydrogens is 174 g/mol. The Hall–Kier alpha value is -1.62. The number of Topliss-reactive ketones (excluding diaryl/α,β-unsaturated/α-hetero) is 1. The molecule has 0 spiro atoms. The Morgan fingerprint density at radius 1 is 1.43 bits per heavy atom. The van der Waals surface area contributed by atoms with Crippen molar-refractivity contribution >= 4 is 5.78 Å². The van der Waals surface area contributed by atoms with Crippen LogP contribution in [0.25, 0.3) is 0 Å². The molecule has 1 aliphatic rings. The van der Waals surface area contributed by atoms with Crippen LogP contribution in [-0.4, -0.2) is 5.78 Å². The van der Waals surface area contributed by atoms with Gasteiger partial charge in [-0.15, -0.1) is 0 Å². The van der Waals surface area contributed by atoms with Crippen molar-refractivity contribution in [3.8, 4) is 6.07 Å². The molecule has 1 atom stereocenters. The van der Waals surface area contributed by atoms with E-state index in [-0.39, 0.29) is 0 Å². The minimum atomic E-state index is 0.343. The Balaban J connectivity index is 2.24. The lowest BCUT2D eigenvalue weighted by molar-refractivity contribution is -0.117. The van der Waals surface area contributed by atoms with E-state index in [9.17, 15) is 4.79 Å². The van der Waals surface area contributed by atoms with Crippen LogP contribution in [0.2, 0.25) is 0 Å². The molecule has 70 valence electrons. The van der Waals surface area contributed by atoms with Gasteiger partial charge >= 0.3 is 0 Å². The predicted octanol–water partition coefficient (Wildman–Crippen LogP) is 2.39. The smallest absolute Gasteiger partial charge is 0.133 e. The van der Waals surface area contributed by atoms with Crippen LogP contribution in [0.3, 0.4) is 0 Å². The number of carbonyl (C=O) groups excluding carboxylic acids is 1. The molecule has 0 heterocycles. The first-order chi connectivity index (χ1) is 6.79. The lowest BCUT2D eigenvalue weighted by Gasteiger charge is -2.07. The Labute approximate surface area is 83.2 Å². The number of carbonyl (C=O) groups is 1. The van der Waals surface area contributed by atoms with E-state index < -0.39 is 0 Å². The molecule has 1 aromatic rings. The number of nitrogens with zero attached hydrogens (tertiary/aromatic N) is 1. The van der Waals surface area contributed by atoms with Crippen molar-refractivity contribution in [1.29, 1.82) is 5.26 Å². The van der Waals surface area contributed by atoms with Crippen LogP contribution in [0, 0.1) is 11.3 Å². The van der Waals surface area contributed by atoms with Gasteiger partial charge in [0.25, 0.3) is 0 Å². The summed E-state index contributed by atoms with van der Waals surface area (Å²) < 4.78 is 0. The molecule has 0 saturated heterocycles. The fourth-order valence-corrected chi connectivity index (χ4v) is 1.96. The van der Waals surface area contributed by atoms with Crippen LogP contribution in [0.1, 0.15) is 36.3 Å². The zero-order valence-electron chi connectivity index (χ0n) is 7.86. The lowest BCUT2D eigenvalue weighted by Crippen LogP contribution is -1.94. The minimum Gasteiger partial charge on any atom is -0.300 e. The molecule has 1 aromatic carbocycles. The molecule has 1 fully saturated rings. The van der Waals surface area contributed by atoms with Crippen LogP contribution in [0.5, 0.6) is 0 Å². The average molecular weight is 185 g/mol. The zero-order chi connectivity index (χ0) is 9.97. The van der Waals surface area contributed by atoms with Gasteiger partial charge in [0.1, 0.15) is 5.78 Å². The summed E-state index contributed by atoms with van der Waals surface area (Å²) in [6.45, 7) is 0. The number of benzene rings is 1. The third-order valence-electron chi connectivity index (χ3n) is 2.73. The highest BCUT2D eigenvalue weighted by atomic mass is 16.1. The monoisotopic (exact) mass is 185 g/mol. The molecule has 2 nitrogen and oxygen atoms in total. The largest absolute Gasteiger partial charge is 0.300 e. The summed E-state index contributed by atoms with van der Waals surface area (Å²) in [6, 6.07) is 9.69. The summed E-state index contributed by atoms with van der Waals surface area (Å²) in [7, 11) is 0. The number of hydrogen-bond acceptors (Lipinski definition) is 2. The number of nitriles is 1. The summed E-state index contributed by atoms with van der Waals surface area (Å²) in [5.41, 5.74) is 1.82. The first-order valence-electron chi connectivity index (χ1n) is 4.81. The first-order valence-corrected chi connectivity index (χ1v) is 4.81. The second kappa shape index (κ2) is 3.63. The van der Waals surface area contributed by atoms with Gasteiger partial charge in [-0.05, 0) is 30.0 Å². The topological polar surface area (TPSA) is 40.9 Å². The molecule has 2 rings (SSSR count). The Kier molecular flexibility index (Phi) is 2.32. The highest BCUT2D eigenvalue weighted by Crippen LogP contribution is 2.32. The molecule has 2 heteroatoms. The maximum Gasteiger partial charge on any atom is 0.133 e. The van der Waals surface area contributed by atoms with E-state index in [0.717, 1.165) is 12.0 Å². The predicted molar refractivity (Wildman–Crippen MR) is 52.8 cm³/mol. The highest BCUT2D eigenvalue weighted by molar-refractivity contribution is 5.81. The quantitative estimate of drug-likeness (QED) is 0.674. The molecule has 1 aliphatic carbocycles. The third-order valence-corrected chi connectivity index (χ3v) is 2.73. The second-order valence-electron chi connectivity index (χ2n) is 3.72. The van der Waals surface area contributed by atoms with Gasteiger partial charge in [-0.1, -0.05) is 12.1 Å². The SMILES string of the molecule is N#Cc1cccc([C@H]2CCC(=O)C2)c1. The number of rotatable bonds is 1. The van der Waals surface area contributed by atoms with Crippen LogP contribution in [0.15, 0.2) is 24.3 Å². The molecular formula is C12H11NO. The lowest BCUT2D eigenvalue weighted by atomic mass is 9.96. The van der Waals surface area contributed by atoms with Gasteiger partial charge in [-0.3, -0.25) is 4.79 Å². The van der Waals surface area contributed by atoms with Gasteiger partial charge < -0.3 is 0 Å². The zero-order valence-corrected chi connectivity index (χ0v) is 7.86. The summed E-state index contributed by atoms with van der Waals surface area (Å²) in [5, 5.41) is 8.74. The van der Waals surface area contributed by atoms with Crippen molar-refractivity contribution in [3.05, 3.63) is 35.4 Å². The van der Waals surface area contributed by atoms with Gasteiger partial charge in [0, 0.05) is 12.8 Å². The Morgan fingerprint density at radius 3 is 2.93 bits per heavy atom. The standard InChI is InChI=1S/C12H11NO/c13-8-9-2-1-3-10(6-9)11-4-5-12(14)7-11/h1-3,6,11H,4-5,7H2/t11-/m0/s1. The van der Waals surface area contributed by atoms with Crippen molar-refractivity contribution in [2.45, 2.75) is 25.2 Å². The molecule has 0 amide bonds. The van der Waals surface area contributed by atoms with Crippen molar-refractivity contribution in [2.24, 2.45) is 0 Å². The Bertz CT molecular complexity index is 403. The summed E-state index contributed by atoms with van der Waals surface area (Å²) in [4.78, 5) is 11.1. The van der Waals surface area contributed by atoms with E-state index in [1.807, 2.05) is 18.2 Å². The van der Waals surface area contributed by atoms with E-state index in [1.165, 1.54) is 0 Å². The normalized spacial score (nSPS) is 20.8. The van der Waals surface area contributed by atoms with E-state index in [2.05, 4.69) is 6.07 Å². The van der Waals surface area contributed by atoms with Crippen molar-refractivity contribution in [2.75, 3.05) is 0 Å². The average Bonchev–Trinajstić information content (AvgIpc) is 2.65. The van der Waals surface area contributed by atoms with Crippen molar-refractivity contribution in [3.63, 3.8) is 0 Å². The molecule has 14 heavy (non-hydrogen) atoms. The molecule has 0 N–H and O–H groups in total. The third kappa shape index (κ3) is 1.67. The summed E-state index contributed by atoms with van der Waals surface area (Å²) in [6.07, 6.45) is 2.28. The van der Waals surface area contributed by atoms with Crippen LogP contribution in [0.4, 0.5) is 0 Å². The molecule has 0 unspecified atom stereocenters. The fourth-order valence-electron chi connectivity index (χ4n) is 1.96. The molecule has 0 aliphatic heterocycles. The minimum absolute atomic E-state index is 0.343. The van der Waals surface area contributed by atoms with Crippen LogP contribution in [-0.2, 0) is 4.79 Å². The fraction of sp³-hybridized carbons (Fsp3) is 0.333. The number of hydrogen-bond donors (Lipinski definition) is 0. The van der Waals surface area contributed by atoms with Gasteiger partial charge in [0.2, 0.25) is 0 Å². The van der Waals surface area contributed by atoms with E-state index in [1.54, 1.807) is 6.07 Å². The summed E-state index contributed by atoms with van der Waals surface area (Å²) >= 11 is 0. The van der Waals surface area contributed by atoms with E-state index in [0.29, 0.717) is 30.1 Å². The molecule has 0 aromatic heterocycles. The van der Waals surface area contributed by atoms with Crippen molar-refractivity contribution in [1.82, 2.24) is 0 Å². The van der Waals surface area contributed by atoms with Crippen LogP contribution >= 0.6 is 0 Å². The second-order valence-corrected chi connectivity index (χ2v) is 3.72. The molecule has 0 bridgehead atoms. The maximum absolute atomic E-state index is 11.1.